The fourth-order valence-corrected chi connectivity index (χ4v) is 3.13. The zero-order valence-electron chi connectivity index (χ0n) is 15.9. The van der Waals surface area contributed by atoms with Gasteiger partial charge in [0.05, 0.1) is 0 Å². The average Bonchev–Trinajstić information content (AvgIpc) is 2.62. The molecule has 0 aromatic heterocycles. The van der Waals surface area contributed by atoms with Crippen molar-refractivity contribution in [1.29, 1.82) is 0 Å². The number of carbonyl (C=O) groups is 1. The van der Waals surface area contributed by atoms with E-state index < -0.39 is 0 Å². The van der Waals surface area contributed by atoms with Crippen molar-refractivity contribution < 1.29 is 4.79 Å². The lowest BCUT2D eigenvalue weighted by Crippen LogP contribution is -2.18. The molecule has 0 N–H and O–H groups in total. The van der Waals surface area contributed by atoms with Crippen molar-refractivity contribution in [3.05, 3.63) is 29.8 Å². The molecule has 1 aromatic rings. The number of hydrogen-bond donors (Lipinski definition) is 0. The third kappa shape index (κ3) is 9.75. The number of anilines is 1. The first-order chi connectivity index (χ1) is 11.8. The van der Waals surface area contributed by atoms with Crippen LogP contribution in [0.15, 0.2) is 24.3 Å². The Kier molecular flexibility index (Phi) is 12.2. The van der Waals surface area contributed by atoms with E-state index in [2.05, 4.69) is 18.9 Å². The van der Waals surface area contributed by atoms with Gasteiger partial charge in [-0.2, -0.15) is 0 Å². The SMILES string of the molecule is CCCCCCCCCCCCCCN(C)c1ccc(C=O)cc1. The van der Waals surface area contributed by atoms with Crippen LogP contribution in [0.3, 0.4) is 0 Å². The van der Waals surface area contributed by atoms with Gasteiger partial charge in [0, 0.05) is 24.8 Å². The van der Waals surface area contributed by atoms with Crippen LogP contribution in [-0.2, 0) is 0 Å². The summed E-state index contributed by atoms with van der Waals surface area (Å²) in [5.74, 6) is 0. The molecule has 0 saturated carbocycles. The van der Waals surface area contributed by atoms with Crippen LogP contribution in [0.2, 0.25) is 0 Å². The average molecular weight is 332 g/mol. The molecule has 0 aliphatic heterocycles. The maximum Gasteiger partial charge on any atom is 0.150 e. The Balaban J connectivity index is 1.93. The molecule has 0 spiro atoms. The van der Waals surface area contributed by atoms with Gasteiger partial charge in [-0.25, -0.2) is 0 Å². The van der Waals surface area contributed by atoms with Crippen molar-refractivity contribution in [2.24, 2.45) is 0 Å². The standard InChI is InChI=1S/C22H37NO/c1-3-4-5-6-7-8-9-10-11-12-13-14-19-23(2)22-17-15-21(20-24)16-18-22/h15-18,20H,3-14,19H2,1-2H3. The molecule has 136 valence electrons. The summed E-state index contributed by atoms with van der Waals surface area (Å²) in [5, 5.41) is 0. The lowest BCUT2D eigenvalue weighted by atomic mass is 10.1. The lowest BCUT2D eigenvalue weighted by molar-refractivity contribution is 0.112. The molecule has 0 saturated heterocycles. The van der Waals surface area contributed by atoms with E-state index in [4.69, 9.17) is 0 Å². The minimum atomic E-state index is 0.748. The number of aldehydes is 1. The van der Waals surface area contributed by atoms with E-state index in [0.717, 1.165) is 18.4 Å². The molecule has 0 aliphatic rings. The summed E-state index contributed by atoms with van der Waals surface area (Å²) in [6.07, 6.45) is 17.6. The highest BCUT2D eigenvalue weighted by Crippen LogP contribution is 2.15. The molecular formula is C22H37NO. The number of carbonyl (C=O) groups excluding carboxylic acids is 1. The largest absolute Gasteiger partial charge is 0.375 e. The van der Waals surface area contributed by atoms with Gasteiger partial charge < -0.3 is 4.90 Å². The van der Waals surface area contributed by atoms with Crippen molar-refractivity contribution in [2.75, 3.05) is 18.5 Å². The molecule has 24 heavy (non-hydrogen) atoms. The fourth-order valence-electron chi connectivity index (χ4n) is 3.13. The van der Waals surface area contributed by atoms with E-state index in [1.807, 2.05) is 24.3 Å². The monoisotopic (exact) mass is 331 g/mol. The molecule has 0 unspecified atom stereocenters. The Hall–Kier alpha value is -1.31. The van der Waals surface area contributed by atoms with Gasteiger partial charge in [0.1, 0.15) is 6.29 Å². The minimum Gasteiger partial charge on any atom is -0.375 e. The predicted octanol–water partition coefficient (Wildman–Crippen LogP) is 6.64. The summed E-state index contributed by atoms with van der Waals surface area (Å²) in [7, 11) is 2.13. The van der Waals surface area contributed by atoms with E-state index in [9.17, 15) is 4.79 Å². The maximum absolute atomic E-state index is 10.7. The minimum absolute atomic E-state index is 0.748. The van der Waals surface area contributed by atoms with Crippen LogP contribution in [0, 0.1) is 0 Å². The van der Waals surface area contributed by atoms with E-state index in [-0.39, 0.29) is 0 Å². The van der Waals surface area contributed by atoms with Gasteiger partial charge in [0.2, 0.25) is 0 Å². The van der Waals surface area contributed by atoms with E-state index in [0.29, 0.717) is 0 Å². The smallest absolute Gasteiger partial charge is 0.150 e. The molecule has 0 heterocycles. The summed E-state index contributed by atoms with van der Waals surface area (Å²) in [6.45, 7) is 3.37. The Morgan fingerprint density at radius 1 is 0.750 bits per heavy atom. The van der Waals surface area contributed by atoms with Crippen molar-refractivity contribution in [2.45, 2.75) is 84.0 Å². The van der Waals surface area contributed by atoms with Crippen molar-refractivity contribution in [3.8, 4) is 0 Å². The molecule has 1 rings (SSSR count). The number of rotatable bonds is 15. The Morgan fingerprint density at radius 2 is 1.21 bits per heavy atom. The summed E-state index contributed by atoms with van der Waals surface area (Å²) < 4.78 is 0. The highest BCUT2D eigenvalue weighted by Gasteiger charge is 2.01. The van der Waals surface area contributed by atoms with E-state index >= 15 is 0 Å². The van der Waals surface area contributed by atoms with Crippen LogP contribution in [0.4, 0.5) is 5.69 Å². The lowest BCUT2D eigenvalue weighted by Gasteiger charge is -2.19. The zero-order valence-corrected chi connectivity index (χ0v) is 15.9. The number of hydrogen-bond acceptors (Lipinski definition) is 2. The highest BCUT2D eigenvalue weighted by molar-refractivity contribution is 5.75. The third-order valence-electron chi connectivity index (χ3n) is 4.82. The van der Waals surface area contributed by atoms with Crippen molar-refractivity contribution in [3.63, 3.8) is 0 Å². The molecule has 0 atom stereocenters. The quantitative estimate of drug-likeness (QED) is 0.265. The molecule has 0 aliphatic carbocycles. The molecule has 0 bridgehead atoms. The van der Waals surface area contributed by atoms with E-state index in [1.54, 1.807) is 0 Å². The van der Waals surface area contributed by atoms with Gasteiger partial charge in [-0.3, -0.25) is 4.79 Å². The van der Waals surface area contributed by atoms with Crippen LogP contribution in [-0.4, -0.2) is 19.9 Å². The normalized spacial score (nSPS) is 10.8. The second kappa shape index (κ2) is 14.1. The molecule has 0 radical (unpaired) electrons. The second-order valence-electron chi connectivity index (χ2n) is 7.02. The number of nitrogens with zero attached hydrogens (tertiary/aromatic N) is 1. The first-order valence-corrected chi connectivity index (χ1v) is 10.0. The fraction of sp³-hybridized carbons (Fsp3) is 0.682. The molecule has 1 aromatic carbocycles. The van der Waals surface area contributed by atoms with Crippen molar-refractivity contribution >= 4 is 12.0 Å². The third-order valence-corrected chi connectivity index (χ3v) is 4.82. The highest BCUT2D eigenvalue weighted by atomic mass is 16.1. The number of benzene rings is 1. The zero-order chi connectivity index (χ0) is 17.5. The maximum atomic E-state index is 10.7. The summed E-state index contributed by atoms with van der Waals surface area (Å²) in [4.78, 5) is 13.0. The topological polar surface area (TPSA) is 20.3 Å². The van der Waals surface area contributed by atoms with Crippen molar-refractivity contribution in [1.82, 2.24) is 0 Å². The second-order valence-corrected chi connectivity index (χ2v) is 7.02. The summed E-state index contributed by atoms with van der Waals surface area (Å²) in [6, 6.07) is 7.84. The Morgan fingerprint density at radius 3 is 1.67 bits per heavy atom. The molecular weight excluding hydrogens is 294 g/mol. The van der Waals surface area contributed by atoms with Crippen LogP contribution >= 0.6 is 0 Å². The first-order valence-electron chi connectivity index (χ1n) is 10.0. The van der Waals surface area contributed by atoms with Crippen LogP contribution < -0.4 is 4.90 Å². The molecule has 0 amide bonds. The van der Waals surface area contributed by atoms with Gasteiger partial charge in [0.15, 0.2) is 0 Å². The first kappa shape index (κ1) is 20.7. The van der Waals surface area contributed by atoms with Crippen LogP contribution in [0.25, 0.3) is 0 Å². The van der Waals surface area contributed by atoms with Gasteiger partial charge in [-0.1, -0.05) is 77.6 Å². The van der Waals surface area contributed by atoms with Gasteiger partial charge in [0.25, 0.3) is 0 Å². The Bertz CT molecular complexity index is 412. The molecule has 2 nitrogen and oxygen atoms in total. The van der Waals surface area contributed by atoms with Gasteiger partial charge >= 0.3 is 0 Å². The molecule has 2 heteroatoms. The predicted molar refractivity (Wildman–Crippen MR) is 106 cm³/mol. The van der Waals surface area contributed by atoms with E-state index in [1.165, 1.54) is 82.7 Å². The summed E-state index contributed by atoms with van der Waals surface area (Å²) >= 11 is 0. The van der Waals surface area contributed by atoms with Gasteiger partial charge in [-0.15, -0.1) is 0 Å². The molecule has 0 fully saturated rings. The van der Waals surface area contributed by atoms with Gasteiger partial charge in [-0.05, 0) is 30.7 Å². The Labute approximate surface area is 149 Å². The summed E-state index contributed by atoms with van der Waals surface area (Å²) in [5.41, 5.74) is 1.95. The number of unbranched alkanes of at least 4 members (excludes halogenated alkanes) is 11. The van der Waals surface area contributed by atoms with Crippen LogP contribution in [0.5, 0.6) is 0 Å². The van der Waals surface area contributed by atoms with Crippen LogP contribution in [0.1, 0.15) is 94.3 Å².